The SMILES string of the molecule is CO[C@H](C(=O)N[C@H](C[C@@H](C)C#N)C(N)=O)c1ccccc1. The highest BCUT2D eigenvalue weighted by atomic mass is 16.5. The van der Waals surface area contributed by atoms with E-state index in [1.807, 2.05) is 12.1 Å². The zero-order valence-electron chi connectivity index (χ0n) is 12.1. The van der Waals surface area contributed by atoms with Crippen LogP contribution in [0, 0.1) is 17.2 Å². The predicted octanol–water partition coefficient (Wildman–Crippen LogP) is 0.894. The molecule has 0 saturated heterocycles. The second kappa shape index (κ2) is 8.02. The summed E-state index contributed by atoms with van der Waals surface area (Å²) in [4.78, 5) is 23.6. The number of methoxy groups -OCH3 is 1. The molecule has 0 aliphatic heterocycles. The smallest absolute Gasteiger partial charge is 0.254 e. The number of benzene rings is 1. The van der Waals surface area contributed by atoms with Gasteiger partial charge in [-0.05, 0) is 18.9 Å². The van der Waals surface area contributed by atoms with Crippen LogP contribution in [-0.4, -0.2) is 25.0 Å². The van der Waals surface area contributed by atoms with Crippen molar-refractivity contribution in [1.29, 1.82) is 5.26 Å². The fourth-order valence-electron chi connectivity index (χ4n) is 1.92. The van der Waals surface area contributed by atoms with Gasteiger partial charge in [-0.15, -0.1) is 0 Å². The Hall–Kier alpha value is -2.39. The minimum Gasteiger partial charge on any atom is -0.368 e. The quantitative estimate of drug-likeness (QED) is 0.777. The lowest BCUT2D eigenvalue weighted by atomic mass is 10.0. The summed E-state index contributed by atoms with van der Waals surface area (Å²) >= 11 is 0. The highest BCUT2D eigenvalue weighted by Gasteiger charge is 2.26. The van der Waals surface area contributed by atoms with E-state index in [0.717, 1.165) is 0 Å². The highest BCUT2D eigenvalue weighted by Crippen LogP contribution is 2.17. The number of rotatable bonds is 7. The standard InChI is InChI=1S/C15H19N3O3/c1-10(9-16)8-12(14(17)19)18-15(20)13(21-2)11-6-4-3-5-7-11/h3-7,10,12-13H,8H2,1-2H3,(H2,17,19)(H,18,20)/t10-,12-,13+/m1/s1. The van der Waals surface area contributed by atoms with Gasteiger partial charge in [0.1, 0.15) is 6.04 Å². The van der Waals surface area contributed by atoms with Crippen LogP contribution in [0.25, 0.3) is 0 Å². The second-order valence-electron chi connectivity index (χ2n) is 4.76. The molecule has 3 atom stereocenters. The van der Waals surface area contributed by atoms with Gasteiger partial charge >= 0.3 is 0 Å². The molecular formula is C15H19N3O3. The van der Waals surface area contributed by atoms with Crippen molar-refractivity contribution in [3.8, 4) is 6.07 Å². The molecule has 2 amide bonds. The Morgan fingerprint density at radius 2 is 2.00 bits per heavy atom. The number of nitrogens with one attached hydrogen (secondary N) is 1. The Bertz CT molecular complexity index is 525. The van der Waals surface area contributed by atoms with Crippen LogP contribution in [0.2, 0.25) is 0 Å². The first kappa shape index (κ1) is 16.7. The number of hydrogen-bond acceptors (Lipinski definition) is 4. The van der Waals surface area contributed by atoms with Crippen molar-refractivity contribution in [2.75, 3.05) is 7.11 Å². The van der Waals surface area contributed by atoms with E-state index >= 15 is 0 Å². The first-order valence-corrected chi connectivity index (χ1v) is 6.56. The first-order chi connectivity index (χ1) is 9.99. The van der Waals surface area contributed by atoms with Crippen LogP contribution in [0.5, 0.6) is 0 Å². The average molecular weight is 289 g/mol. The lowest BCUT2D eigenvalue weighted by molar-refractivity contribution is -0.135. The summed E-state index contributed by atoms with van der Waals surface area (Å²) in [6.07, 6.45) is -0.659. The Kier molecular flexibility index (Phi) is 6.37. The van der Waals surface area contributed by atoms with E-state index in [1.54, 1.807) is 31.2 Å². The number of carbonyl (C=O) groups excluding carboxylic acids is 2. The maximum Gasteiger partial charge on any atom is 0.254 e. The molecule has 112 valence electrons. The molecule has 0 aliphatic rings. The summed E-state index contributed by atoms with van der Waals surface area (Å²) in [5.41, 5.74) is 5.94. The highest BCUT2D eigenvalue weighted by molar-refractivity contribution is 5.89. The summed E-state index contributed by atoms with van der Waals surface area (Å²) in [6.45, 7) is 1.66. The van der Waals surface area contributed by atoms with Crippen molar-refractivity contribution in [3.63, 3.8) is 0 Å². The third-order valence-corrected chi connectivity index (χ3v) is 3.05. The average Bonchev–Trinajstić information content (AvgIpc) is 2.48. The third kappa shape index (κ3) is 4.89. The maximum absolute atomic E-state index is 12.2. The molecule has 0 radical (unpaired) electrons. The number of nitriles is 1. The monoisotopic (exact) mass is 289 g/mol. The van der Waals surface area contributed by atoms with Gasteiger partial charge < -0.3 is 15.8 Å². The van der Waals surface area contributed by atoms with Gasteiger partial charge in [-0.25, -0.2) is 0 Å². The Labute approximate surface area is 123 Å². The van der Waals surface area contributed by atoms with Crippen molar-refractivity contribution in [1.82, 2.24) is 5.32 Å². The van der Waals surface area contributed by atoms with Crippen LogP contribution < -0.4 is 11.1 Å². The second-order valence-corrected chi connectivity index (χ2v) is 4.76. The Morgan fingerprint density at radius 3 is 2.48 bits per heavy atom. The van der Waals surface area contributed by atoms with Crippen molar-refractivity contribution < 1.29 is 14.3 Å². The number of primary amides is 1. The fourth-order valence-corrected chi connectivity index (χ4v) is 1.92. The van der Waals surface area contributed by atoms with Crippen molar-refractivity contribution in [2.24, 2.45) is 11.7 Å². The van der Waals surface area contributed by atoms with Gasteiger partial charge in [-0.1, -0.05) is 30.3 Å². The third-order valence-electron chi connectivity index (χ3n) is 3.05. The van der Waals surface area contributed by atoms with Gasteiger partial charge in [-0.3, -0.25) is 9.59 Å². The molecule has 6 nitrogen and oxygen atoms in total. The molecule has 21 heavy (non-hydrogen) atoms. The molecule has 3 N–H and O–H groups in total. The van der Waals surface area contributed by atoms with E-state index in [2.05, 4.69) is 5.32 Å². The lowest BCUT2D eigenvalue weighted by Crippen LogP contribution is -2.47. The summed E-state index contributed by atoms with van der Waals surface area (Å²) in [6, 6.07) is 10.0. The normalized spacial score (nSPS) is 14.5. The summed E-state index contributed by atoms with van der Waals surface area (Å²) in [7, 11) is 1.41. The number of ether oxygens (including phenoxy) is 1. The largest absolute Gasteiger partial charge is 0.368 e. The van der Waals surface area contributed by atoms with Crippen LogP contribution in [0.15, 0.2) is 30.3 Å². The number of carbonyl (C=O) groups is 2. The number of amides is 2. The molecule has 0 aliphatic carbocycles. The molecule has 1 aromatic rings. The van der Waals surface area contributed by atoms with E-state index in [0.29, 0.717) is 5.56 Å². The predicted molar refractivity (Wildman–Crippen MR) is 76.7 cm³/mol. The molecule has 0 bridgehead atoms. The summed E-state index contributed by atoms with van der Waals surface area (Å²) < 4.78 is 5.18. The molecular weight excluding hydrogens is 270 g/mol. The van der Waals surface area contributed by atoms with Crippen LogP contribution in [0.1, 0.15) is 25.0 Å². The molecule has 0 aromatic heterocycles. The van der Waals surface area contributed by atoms with Crippen LogP contribution in [0.4, 0.5) is 0 Å². The van der Waals surface area contributed by atoms with Crippen LogP contribution >= 0.6 is 0 Å². The summed E-state index contributed by atoms with van der Waals surface area (Å²) in [5, 5.41) is 11.3. The molecule has 1 rings (SSSR count). The molecule has 0 saturated carbocycles. The van der Waals surface area contributed by atoms with E-state index in [-0.39, 0.29) is 12.3 Å². The first-order valence-electron chi connectivity index (χ1n) is 6.56. The van der Waals surface area contributed by atoms with Gasteiger partial charge in [0, 0.05) is 13.0 Å². The van der Waals surface area contributed by atoms with Gasteiger partial charge in [-0.2, -0.15) is 5.26 Å². The minimum atomic E-state index is -0.895. The zero-order valence-corrected chi connectivity index (χ0v) is 12.1. The molecule has 0 unspecified atom stereocenters. The fraction of sp³-hybridized carbons (Fsp3) is 0.400. The zero-order chi connectivity index (χ0) is 15.8. The van der Waals surface area contributed by atoms with Gasteiger partial charge in [0.05, 0.1) is 6.07 Å². The van der Waals surface area contributed by atoms with Gasteiger partial charge in [0.25, 0.3) is 5.91 Å². The molecule has 1 aromatic carbocycles. The topological polar surface area (TPSA) is 105 Å². The Morgan fingerprint density at radius 1 is 1.38 bits per heavy atom. The Balaban J connectivity index is 2.80. The van der Waals surface area contributed by atoms with Gasteiger partial charge in [0.2, 0.25) is 5.91 Å². The summed E-state index contributed by atoms with van der Waals surface area (Å²) in [5.74, 6) is -1.52. The molecule has 6 heteroatoms. The maximum atomic E-state index is 12.2. The minimum absolute atomic E-state index is 0.169. The molecule has 0 spiro atoms. The van der Waals surface area contributed by atoms with E-state index in [9.17, 15) is 9.59 Å². The van der Waals surface area contributed by atoms with Crippen molar-refractivity contribution >= 4 is 11.8 Å². The van der Waals surface area contributed by atoms with Crippen molar-refractivity contribution in [2.45, 2.75) is 25.5 Å². The number of nitrogens with two attached hydrogens (primary N) is 1. The van der Waals surface area contributed by atoms with E-state index in [4.69, 9.17) is 15.7 Å². The number of nitrogens with zero attached hydrogens (tertiary/aromatic N) is 1. The van der Waals surface area contributed by atoms with Gasteiger partial charge in [0.15, 0.2) is 6.10 Å². The molecule has 0 fully saturated rings. The van der Waals surface area contributed by atoms with E-state index < -0.39 is 24.0 Å². The van der Waals surface area contributed by atoms with Crippen LogP contribution in [-0.2, 0) is 14.3 Å². The van der Waals surface area contributed by atoms with Crippen molar-refractivity contribution in [3.05, 3.63) is 35.9 Å². The molecule has 0 heterocycles. The van der Waals surface area contributed by atoms with E-state index in [1.165, 1.54) is 7.11 Å². The number of hydrogen-bond donors (Lipinski definition) is 2. The lowest BCUT2D eigenvalue weighted by Gasteiger charge is -2.21. The van der Waals surface area contributed by atoms with Crippen LogP contribution in [0.3, 0.4) is 0 Å².